The molecule has 4 rings (SSSR count). The van der Waals surface area contributed by atoms with Gasteiger partial charge in [0.2, 0.25) is 0 Å². The first-order valence-corrected chi connectivity index (χ1v) is 9.05. The maximum Gasteiger partial charge on any atom is 0.269 e. The van der Waals surface area contributed by atoms with E-state index in [0.29, 0.717) is 33.9 Å². The maximum absolute atomic E-state index is 12.9. The molecule has 0 saturated carbocycles. The van der Waals surface area contributed by atoms with Crippen molar-refractivity contribution in [2.24, 2.45) is 0 Å². The van der Waals surface area contributed by atoms with Gasteiger partial charge < -0.3 is 10.2 Å². The normalized spacial score (nSPS) is 12.4. The topological polar surface area (TPSA) is 62.3 Å². The van der Waals surface area contributed by atoms with Crippen molar-refractivity contribution in [3.8, 4) is 11.1 Å². The van der Waals surface area contributed by atoms with Gasteiger partial charge in [0.05, 0.1) is 10.5 Å². The van der Waals surface area contributed by atoms with Crippen molar-refractivity contribution in [3.63, 3.8) is 0 Å². The van der Waals surface area contributed by atoms with Gasteiger partial charge in [-0.3, -0.25) is 9.59 Å². The molecule has 1 aliphatic rings. The highest BCUT2D eigenvalue weighted by Crippen LogP contribution is 2.41. The van der Waals surface area contributed by atoms with E-state index in [1.165, 1.54) is 0 Å². The van der Waals surface area contributed by atoms with E-state index in [-0.39, 0.29) is 11.7 Å². The van der Waals surface area contributed by atoms with Gasteiger partial charge in [-0.1, -0.05) is 35.9 Å². The minimum atomic E-state index is -0.235. The lowest BCUT2D eigenvalue weighted by atomic mass is 9.84. The van der Waals surface area contributed by atoms with Crippen LogP contribution >= 0.6 is 11.6 Å². The first kappa shape index (κ1) is 17.6. The third-order valence-corrected chi connectivity index (χ3v) is 5.00. The SMILES string of the molecule is CN(C)CCNC(=O)c1cc2c3c(cccc3n1)C(=O)c1c(Cl)cccc1-2. The van der Waals surface area contributed by atoms with E-state index in [1.54, 1.807) is 24.3 Å². The van der Waals surface area contributed by atoms with Crippen LogP contribution in [0.4, 0.5) is 0 Å². The number of pyridine rings is 1. The van der Waals surface area contributed by atoms with Gasteiger partial charge in [-0.2, -0.15) is 0 Å². The fourth-order valence-corrected chi connectivity index (χ4v) is 3.66. The highest BCUT2D eigenvalue weighted by molar-refractivity contribution is 6.38. The molecular formula is C21H18ClN3O2. The van der Waals surface area contributed by atoms with Gasteiger partial charge in [-0.05, 0) is 43.4 Å². The van der Waals surface area contributed by atoms with E-state index in [4.69, 9.17) is 11.6 Å². The van der Waals surface area contributed by atoms with Gasteiger partial charge >= 0.3 is 0 Å². The third kappa shape index (κ3) is 2.99. The Balaban J connectivity index is 1.87. The summed E-state index contributed by atoms with van der Waals surface area (Å²) >= 11 is 6.32. The first-order valence-electron chi connectivity index (χ1n) is 8.67. The Hall–Kier alpha value is -2.76. The Morgan fingerprint density at radius 3 is 2.63 bits per heavy atom. The summed E-state index contributed by atoms with van der Waals surface area (Å²) < 4.78 is 0. The second-order valence-electron chi connectivity index (χ2n) is 6.81. The smallest absolute Gasteiger partial charge is 0.269 e. The van der Waals surface area contributed by atoms with E-state index in [0.717, 1.165) is 23.1 Å². The zero-order chi connectivity index (χ0) is 19.1. The number of rotatable bonds is 4. The summed E-state index contributed by atoms with van der Waals surface area (Å²) in [6, 6.07) is 12.5. The van der Waals surface area contributed by atoms with Gasteiger partial charge in [-0.15, -0.1) is 0 Å². The second-order valence-corrected chi connectivity index (χ2v) is 7.21. The van der Waals surface area contributed by atoms with Crippen molar-refractivity contribution in [2.75, 3.05) is 27.2 Å². The summed E-state index contributed by atoms with van der Waals surface area (Å²) in [7, 11) is 3.90. The van der Waals surface area contributed by atoms with E-state index in [1.807, 2.05) is 37.2 Å². The van der Waals surface area contributed by atoms with Crippen LogP contribution in [0.1, 0.15) is 26.4 Å². The lowest BCUT2D eigenvalue weighted by molar-refractivity contribution is 0.0946. The number of hydrogen-bond donors (Lipinski definition) is 1. The number of likely N-dealkylation sites (N-methyl/N-ethyl adjacent to an activating group) is 1. The fraction of sp³-hybridized carbons (Fsp3) is 0.190. The lowest BCUT2D eigenvalue weighted by Gasteiger charge is -2.21. The molecular weight excluding hydrogens is 362 g/mol. The predicted octanol–water partition coefficient (Wildman–Crippen LogP) is 3.39. The molecule has 0 fully saturated rings. The van der Waals surface area contributed by atoms with Gasteiger partial charge in [0, 0.05) is 29.6 Å². The van der Waals surface area contributed by atoms with E-state index >= 15 is 0 Å². The second kappa shape index (κ2) is 6.76. The van der Waals surface area contributed by atoms with Gasteiger partial charge in [0.25, 0.3) is 5.91 Å². The molecule has 1 aliphatic carbocycles. The van der Waals surface area contributed by atoms with E-state index < -0.39 is 0 Å². The Morgan fingerprint density at radius 2 is 1.85 bits per heavy atom. The molecule has 0 saturated heterocycles. The molecule has 0 aliphatic heterocycles. The fourth-order valence-electron chi connectivity index (χ4n) is 3.40. The summed E-state index contributed by atoms with van der Waals surface area (Å²) in [5, 5.41) is 4.06. The molecule has 136 valence electrons. The van der Waals surface area contributed by atoms with Crippen molar-refractivity contribution in [1.29, 1.82) is 0 Å². The summed E-state index contributed by atoms with van der Waals surface area (Å²) in [4.78, 5) is 32.0. The molecule has 0 atom stereocenters. The van der Waals surface area contributed by atoms with Crippen LogP contribution in [0.2, 0.25) is 5.02 Å². The van der Waals surface area contributed by atoms with Crippen molar-refractivity contribution in [3.05, 3.63) is 64.3 Å². The number of hydrogen-bond acceptors (Lipinski definition) is 4. The molecule has 1 heterocycles. The zero-order valence-electron chi connectivity index (χ0n) is 15.0. The summed E-state index contributed by atoms with van der Waals surface area (Å²) in [6.07, 6.45) is 0. The number of benzene rings is 2. The average Bonchev–Trinajstić information content (AvgIpc) is 2.65. The number of aromatic nitrogens is 1. The number of amides is 1. The van der Waals surface area contributed by atoms with Crippen molar-refractivity contribution < 1.29 is 9.59 Å². The van der Waals surface area contributed by atoms with Crippen molar-refractivity contribution in [2.45, 2.75) is 0 Å². The lowest BCUT2D eigenvalue weighted by Crippen LogP contribution is -2.31. The zero-order valence-corrected chi connectivity index (χ0v) is 15.8. The van der Waals surface area contributed by atoms with Gasteiger partial charge in [0.15, 0.2) is 5.78 Å². The largest absolute Gasteiger partial charge is 0.349 e. The molecule has 0 bridgehead atoms. The molecule has 1 aromatic heterocycles. The molecule has 5 nitrogen and oxygen atoms in total. The summed E-state index contributed by atoms with van der Waals surface area (Å²) in [6.45, 7) is 1.27. The molecule has 3 aromatic rings. The Labute approximate surface area is 162 Å². The highest BCUT2D eigenvalue weighted by atomic mass is 35.5. The van der Waals surface area contributed by atoms with Crippen LogP contribution in [0.5, 0.6) is 0 Å². The highest BCUT2D eigenvalue weighted by Gasteiger charge is 2.28. The molecule has 0 spiro atoms. The van der Waals surface area contributed by atoms with Crippen LogP contribution in [0, 0.1) is 0 Å². The number of carbonyl (C=O) groups excluding carboxylic acids is 2. The summed E-state index contributed by atoms with van der Waals surface area (Å²) in [5.74, 6) is -0.348. The Morgan fingerprint density at radius 1 is 1.11 bits per heavy atom. The van der Waals surface area contributed by atoms with Crippen molar-refractivity contribution in [1.82, 2.24) is 15.2 Å². The predicted molar refractivity (Wildman–Crippen MR) is 107 cm³/mol. The molecule has 27 heavy (non-hydrogen) atoms. The molecule has 0 radical (unpaired) electrons. The van der Waals surface area contributed by atoms with Crippen LogP contribution < -0.4 is 5.32 Å². The molecule has 1 amide bonds. The Bertz CT molecular complexity index is 1090. The van der Waals surface area contributed by atoms with Crippen LogP contribution in [-0.4, -0.2) is 48.8 Å². The van der Waals surface area contributed by atoms with Crippen LogP contribution in [0.15, 0.2) is 42.5 Å². The van der Waals surface area contributed by atoms with E-state index in [9.17, 15) is 9.59 Å². The van der Waals surface area contributed by atoms with Crippen molar-refractivity contribution >= 4 is 34.2 Å². The standard InChI is InChI=1S/C21H18ClN3O2/c1-25(2)10-9-23-21(27)17-11-14-12-5-3-7-15(22)19(12)20(26)13-6-4-8-16(24-17)18(13)14/h3-8,11H,9-10H2,1-2H3,(H,23,27). The minimum Gasteiger partial charge on any atom is -0.349 e. The van der Waals surface area contributed by atoms with Crippen LogP contribution in [0.25, 0.3) is 22.0 Å². The van der Waals surface area contributed by atoms with Gasteiger partial charge in [0.1, 0.15) is 5.69 Å². The number of ketones is 1. The first-order chi connectivity index (χ1) is 13.0. The van der Waals surface area contributed by atoms with E-state index in [2.05, 4.69) is 10.3 Å². The number of halogens is 1. The number of nitrogens with zero attached hydrogens (tertiary/aromatic N) is 2. The molecule has 0 unspecified atom stereocenters. The average molecular weight is 380 g/mol. The van der Waals surface area contributed by atoms with Crippen LogP contribution in [-0.2, 0) is 0 Å². The van der Waals surface area contributed by atoms with Gasteiger partial charge in [-0.25, -0.2) is 4.98 Å². The van der Waals surface area contributed by atoms with Crippen LogP contribution in [0.3, 0.4) is 0 Å². The quantitative estimate of drug-likeness (QED) is 0.590. The Kier molecular flexibility index (Phi) is 4.42. The summed E-state index contributed by atoms with van der Waals surface area (Å²) in [5.41, 5.74) is 3.54. The maximum atomic E-state index is 12.9. The third-order valence-electron chi connectivity index (χ3n) is 4.69. The molecule has 2 aromatic carbocycles. The minimum absolute atomic E-state index is 0.112. The number of carbonyl (C=O) groups is 2. The molecule has 1 N–H and O–H groups in total. The monoisotopic (exact) mass is 379 g/mol. The number of nitrogens with one attached hydrogen (secondary N) is 1. The number of fused-ring (bicyclic) bond motifs is 2. The molecule has 6 heteroatoms.